The van der Waals surface area contributed by atoms with Gasteiger partial charge in [-0.3, -0.25) is 9.59 Å². The van der Waals surface area contributed by atoms with Crippen molar-refractivity contribution in [3.63, 3.8) is 0 Å². The number of carbonyl (C=O) groups excluding carboxylic acids is 2. The monoisotopic (exact) mass is 302 g/mol. The van der Waals surface area contributed by atoms with Gasteiger partial charge < -0.3 is 9.47 Å². The van der Waals surface area contributed by atoms with Crippen molar-refractivity contribution in [3.8, 4) is 11.5 Å². The molecule has 2 rings (SSSR count). The van der Waals surface area contributed by atoms with Crippen molar-refractivity contribution in [1.29, 1.82) is 0 Å². The van der Waals surface area contributed by atoms with Gasteiger partial charge in [0.1, 0.15) is 22.9 Å². The lowest BCUT2D eigenvalue weighted by molar-refractivity contribution is 0.1000. The number of hydrogen-bond donors (Lipinski definition) is 0. The third-order valence-electron chi connectivity index (χ3n) is 2.67. The predicted octanol–water partition coefficient (Wildman–Crippen LogP) is 2.59. The van der Waals surface area contributed by atoms with Crippen LogP contribution in [0.25, 0.3) is 0 Å². The summed E-state index contributed by atoms with van der Waals surface area (Å²) in [6.45, 7) is 2.96. The van der Waals surface area contributed by atoms with Crippen LogP contribution >= 0.6 is 0 Å². The summed E-state index contributed by atoms with van der Waals surface area (Å²) < 4.78 is 9.75. The van der Waals surface area contributed by atoms with Crippen molar-refractivity contribution in [2.24, 2.45) is 0 Å². The van der Waals surface area contributed by atoms with E-state index in [0.29, 0.717) is 22.9 Å². The predicted molar refractivity (Wildman–Crippen MR) is 81.6 cm³/mol. The highest BCUT2D eigenvalue weighted by Crippen LogP contribution is 2.08. The van der Waals surface area contributed by atoms with Crippen LogP contribution in [0.4, 0.5) is 0 Å². The Kier molecular flexibility index (Phi) is 6.69. The molecule has 0 aliphatic carbocycles. The number of nitrogens with zero attached hydrogens (tertiary/aromatic N) is 2. The molecule has 6 nitrogen and oxygen atoms in total. The van der Waals surface area contributed by atoms with E-state index < -0.39 is 0 Å². The Morgan fingerprint density at radius 2 is 1.14 bits per heavy atom. The van der Waals surface area contributed by atoms with Gasteiger partial charge in [-0.1, -0.05) is 0 Å². The van der Waals surface area contributed by atoms with Gasteiger partial charge in [-0.15, -0.1) is 0 Å². The number of pyridine rings is 2. The molecule has 22 heavy (non-hydrogen) atoms. The molecule has 0 fully saturated rings. The molecule has 2 aromatic rings. The minimum absolute atomic E-state index is 0.0346. The summed E-state index contributed by atoms with van der Waals surface area (Å²) in [5.41, 5.74) is 0.927. The van der Waals surface area contributed by atoms with Gasteiger partial charge in [-0.05, 0) is 24.3 Å². The normalized spacial score (nSPS) is 9.27. The van der Waals surface area contributed by atoms with E-state index in [-0.39, 0.29) is 11.6 Å². The number of Topliss-reactive ketones (excluding diaryl/α,β-unsaturated/α-hetero) is 2. The first-order valence-electron chi connectivity index (χ1n) is 6.50. The van der Waals surface area contributed by atoms with E-state index in [4.69, 9.17) is 9.47 Å². The highest BCUT2D eigenvalue weighted by atomic mass is 16.5. The lowest BCUT2D eigenvalue weighted by Crippen LogP contribution is -1.95. The van der Waals surface area contributed by atoms with Crippen LogP contribution in [0.5, 0.6) is 11.5 Å². The van der Waals surface area contributed by atoms with Gasteiger partial charge >= 0.3 is 0 Å². The number of aromatic nitrogens is 2. The lowest BCUT2D eigenvalue weighted by Gasteiger charge is -1.97. The maximum absolute atomic E-state index is 10.7. The smallest absolute Gasteiger partial charge is 0.178 e. The van der Waals surface area contributed by atoms with Crippen molar-refractivity contribution in [2.45, 2.75) is 13.8 Å². The van der Waals surface area contributed by atoms with Crippen molar-refractivity contribution < 1.29 is 19.1 Å². The first-order valence-corrected chi connectivity index (χ1v) is 6.50. The summed E-state index contributed by atoms with van der Waals surface area (Å²) in [6, 6.07) is 6.70. The largest absolute Gasteiger partial charge is 0.495 e. The minimum Gasteiger partial charge on any atom is -0.495 e. The summed E-state index contributed by atoms with van der Waals surface area (Å²) in [7, 11) is 3.12. The van der Waals surface area contributed by atoms with Gasteiger partial charge in [0.25, 0.3) is 0 Å². The molecule has 0 aromatic carbocycles. The molecular formula is C16H18N2O4. The minimum atomic E-state index is -0.0346. The SMILES string of the molecule is COc1ccc(C(C)=O)nc1.COc1ccc(C(C)=O)nc1. The van der Waals surface area contributed by atoms with Crippen LogP contribution < -0.4 is 9.47 Å². The standard InChI is InChI=1S/2C8H9NO2/c2*1-6(10)8-4-3-7(11-2)5-9-8/h2*3-5H,1-2H3. The van der Waals surface area contributed by atoms with E-state index in [1.165, 1.54) is 26.2 Å². The highest BCUT2D eigenvalue weighted by molar-refractivity contribution is 5.92. The number of rotatable bonds is 4. The molecule has 6 heteroatoms. The molecule has 0 spiro atoms. The van der Waals surface area contributed by atoms with Gasteiger partial charge in [0.15, 0.2) is 11.6 Å². The number of hydrogen-bond acceptors (Lipinski definition) is 6. The van der Waals surface area contributed by atoms with E-state index in [1.807, 2.05) is 0 Å². The van der Waals surface area contributed by atoms with Gasteiger partial charge in [-0.2, -0.15) is 0 Å². The van der Waals surface area contributed by atoms with Crippen molar-refractivity contribution >= 4 is 11.6 Å². The fraction of sp³-hybridized carbons (Fsp3) is 0.250. The summed E-state index contributed by atoms with van der Waals surface area (Å²) >= 11 is 0. The highest BCUT2D eigenvalue weighted by Gasteiger charge is 1.99. The Bertz CT molecular complexity index is 564. The average Bonchev–Trinajstić information content (AvgIpc) is 2.55. The van der Waals surface area contributed by atoms with Gasteiger partial charge in [0.2, 0.25) is 0 Å². The van der Waals surface area contributed by atoms with Gasteiger partial charge in [0, 0.05) is 13.8 Å². The summed E-state index contributed by atoms with van der Waals surface area (Å²) in [5.74, 6) is 1.25. The molecule has 0 unspecified atom stereocenters. The fourth-order valence-corrected chi connectivity index (χ4v) is 1.42. The quantitative estimate of drug-likeness (QED) is 0.808. The van der Waals surface area contributed by atoms with Crippen molar-refractivity contribution in [1.82, 2.24) is 9.97 Å². The van der Waals surface area contributed by atoms with E-state index in [1.54, 1.807) is 38.5 Å². The van der Waals surface area contributed by atoms with Crippen LogP contribution in [-0.2, 0) is 0 Å². The number of carbonyl (C=O) groups is 2. The Labute approximate surface area is 129 Å². The second-order valence-corrected chi connectivity index (χ2v) is 4.28. The molecule has 0 aliphatic heterocycles. The molecule has 2 aromatic heterocycles. The summed E-state index contributed by atoms with van der Waals surface area (Å²) in [4.78, 5) is 29.2. The molecular weight excluding hydrogens is 284 g/mol. The second kappa shape index (κ2) is 8.51. The Morgan fingerprint density at radius 1 is 0.773 bits per heavy atom. The third kappa shape index (κ3) is 5.32. The molecule has 0 atom stereocenters. The van der Waals surface area contributed by atoms with E-state index in [9.17, 15) is 9.59 Å². The van der Waals surface area contributed by atoms with E-state index in [2.05, 4.69) is 9.97 Å². The van der Waals surface area contributed by atoms with E-state index in [0.717, 1.165) is 0 Å². The number of ether oxygens (including phenoxy) is 2. The molecule has 2 heterocycles. The zero-order chi connectivity index (χ0) is 16.5. The number of methoxy groups -OCH3 is 2. The molecule has 0 saturated heterocycles. The maximum atomic E-state index is 10.7. The lowest BCUT2D eigenvalue weighted by atomic mass is 10.3. The van der Waals surface area contributed by atoms with E-state index >= 15 is 0 Å². The molecule has 0 amide bonds. The van der Waals surface area contributed by atoms with Crippen LogP contribution in [0.15, 0.2) is 36.7 Å². The van der Waals surface area contributed by atoms with Crippen LogP contribution in [0.2, 0.25) is 0 Å². The first kappa shape index (κ1) is 17.3. The molecule has 0 aliphatic rings. The van der Waals surface area contributed by atoms with Gasteiger partial charge in [0.05, 0.1) is 26.6 Å². The summed E-state index contributed by atoms with van der Waals surface area (Å²) in [5, 5.41) is 0. The Balaban J connectivity index is 0.000000220. The third-order valence-corrected chi connectivity index (χ3v) is 2.67. The van der Waals surface area contributed by atoms with Gasteiger partial charge in [-0.25, -0.2) is 9.97 Å². The van der Waals surface area contributed by atoms with Crippen molar-refractivity contribution in [3.05, 3.63) is 48.0 Å². The molecule has 0 N–H and O–H groups in total. The second-order valence-electron chi connectivity index (χ2n) is 4.28. The molecule has 116 valence electrons. The number of ketones is 2. The first-order chi connectivity index (χ1) is 10.5. The van der Waals surface area contributed by atoms with Crippen molar-refractivity contribution in [2.75, 3.05) is 14.2 Å². The Morgan fingerprint density at radius 3 is 1.32 bits per heavy atom. The molecule has 0 radical (unpaired) electrons. The zero-order valence-electron chi connectivity index (χ0n) is 13.0. The molecule has 0 bridgehead atoms. The van der Waals surface area contributed by atoms with Crippen LogP contribution in [-0.4, -0.2) is 35.8 Å². The van der Waals surface area contributed by atoms with Crippen LogP contribution in [0.1, 0.15) is 34.8 Å². The fourth-order valence-electron chi connectivity index (χ4n) is 1.42. The zero-order valence-corrected chi connectivity index (χ0v) is 13.0. The summed E-state index contributed by atoms with van der Waals surface area (Å²) in [6.07, 6.45) is 3.05. The van der Waals surface area contributed by atoms with Crippen LogP contribution in [0.3, 0.4) is 0 Å². The Hall–Kier alpha value is -2.76. The average molecular weight is 302 g/mol. The molecule has 0 saturated carbocycles. The topological polar surface area (TPSA) is 78.4 Å². The van der Waals surface area contributed by atoms with Crippen LogP contribution in [0, 0.1) is 0 Å². The maximum Gasteiger partial charge on any atom is 0.178 e.